The van der Waals surface area contributed by atoms with Crippen LogP contribution in [0.3, 0.4) is 0 Å². The minimum atomic E-state index is -0.369. The van der Waals surface area contributed by atoms with Crippen molar-refractivity contribution in [2.75, 3.05) is 0 Å². The summed E-state index contributed by atoms with van der Waals surface area (Å²) in [5.41, 5.74) is 2.72. The first-order chi connectivity index (χ1) is 12.4. The number of fused-ring (bicyclic) bond motifs is 5. The van der Waals surface area contributed by atoms with E-state index < -0.39 is 0 Å². The second kappa shape index (κ2) is 3.82. The topological polar surface area (TPSA) is 12.9 Å². The monoisotopic (exact) mass is 265 g/mol. The summed E-state index contributed by atoms with van der Waals surface area (Å²) in [6.07, 6.45) is 6.28. The highest BCUT2D eigenvalue weighted by Gasteiger charge is 2.34. The third kappa shape index (κ3) is 1.30. The molecule has 0 amide bonds. The average Bonchev–Trinajstić information content (AvgIpc) is 2.67. The number of benzene rings is 2. The molecule has 0 atom stereocenters. The minimum absolute atomic E-state index is 0.0365. The van der Waals surface area contributed by atoms with Gasteiger partial charge >= 0.3 is 0 Å². The van der Waals surface area contributed by atoms with Crippen molar-refractivity contribution in [3.8, 4) is 0 Å². The van der Waals surface area contributed by atoms with Gasteiger partial charge in [-0.2, -0.15) is 0 Å². The van der Waals surface area contributed by atoms with Crippen molar-refractivity contribution in [2.24, 2.45) is 0 Å². The maximum absolute atomic E-state index is 8.60. The molecule has 0 N–H and O–H groups in total. The third-order valence-corrected chi connectivity index (χ3v) is 4.96. The minimum Gasteiger partial charge on any atom is -0.255 e. The predicted octanol–water partition coefficient (Wildman–Crippen LogP) is 5.14. The highest BCUT2D eigenvalue weighted by Crippen LogP contribution is 2.51. The average molecular weight is 265 g/mol. The maximum atomic E-state index is 8.60. The Hall–Kier alpha value is -1.89. The molecule has 2 aromatic carbocycles. The highest BCUT2D eigenvalue weighted by atomic mass is 14.7. The van der Waals surface area contributed by atoms with Gasteiger partial charge in [-0.05, 0) is 54.0 Å². The lowest BCUT2D eigenvalue weighted by Crippen LogP contribution is -2.22. The van der Waals surface area contributed by atoms with Crippen molar-refractivity contribution >= 4 is 21.7 Å². The summed E-state index contributed by atoms with van der Waals surface area (Å²) in [4.78, 5) is 4.56. The number of aromatic nitrogens is 1. The molecule has 1 heterocycles. The molecule has 1 aromatic heterocycles. The molecule has 6 rings (SSSR count). The van der Waals surface area contributed by atoms with Gasteiger partial charge < -0.3 is 0 Å². The lowest BCUT2D eigenvalue weighted by Gasteiger charge is -2.38. The summed E-state index contributed by atoms with van der Waals surface area (Å²) < 4.78 is 49.5. The molecule has 1 fully saturated rings. The molecule has 3 aliphatic rings. The Kier molecular flexibility index (Phi) is 1.28. The van der Waals surface area contributed by atoms with Crippen LogP contribution in [-0.2, 0) is 0 Å². The zero-order chi connectivity index (χ0) is 18.3. The van der Waals surface area contributed by atoms with Crippen LogP contribution in [0.2, 0.25) is 0 Å². The number of nitrogens with zero attached hydrogens (tertiary/aromatic N) is 1. The Balaban J connectivity index is 2.05. The molecule has 2 bridgehead atoms. The van der Waals surface area contributed by atoms with E-state index in [1.165, 1.54) is 5.56 Å². The van der Waals surface area contributed by atoms with Crippen LogP contribution < -0.4 is 0 Å². The molecule has 1 heteroatoms. The maximum Gasteiger partial charge on any atom is 0.0783 e. The SMILES string of the molecule is [2H]c1c([2H])c([2H])c2c(c1[2H])c([2H])c([2H])c1c3c(cnc12)C1CCC3CC1. The van der Waals surface area contributed by atoms with E-state index in [-0.39, 0.29) is 47.0 Å². The van der Waals surface area contributed by atoms with E-state index in [2.05, 4.69) is 4.98 Å². The lowest BCUT2D eigenvalue weighted by molar-refractivity contribution is 0.360. The second-order valence-electron chi connectivity index (χ2n) is 5.90. The molecule has 3 aromatic rings. The van der Waals surface area contributed by atoms with Gasteiger partial charge in [0.25, 0.3) is 0 Å². The molecule has 20 heavy (non-hydrogen) atoms. The Bertz CT molecular complexity index is 1120. The number of pyridine rings is 1. The molecule has 1 nitrogen and oxygen atoms in total. The normalized spacial score (nSPS) is 28.4. The van der Waals surface area contributed by atoms with Crippen molar-refractivity contribution < 1.29 is 8.22 Å². The summed E-state index contributed by atoms with van der Waals surface area (Å²) in [5, 5.41) is 0.998. The fourth-order valence-electron chi connectivity index (χ4n) is 4.02. The van der Waals surface area contributed by atoms with Crippen LogP contribution >= 0.6 is 0 Å². The van der Waals surface area contributed by atoms with E-state index in [0.29, 0.717) is 22.7 Å². The van der Waals surface area contributed by atoms with Gasteiger partial charge in [-0.15, -0.1) is 0 Å². The van der Waals surface area contributed by atoms with Crippen LogP contribution in [0.15, 0.2) is 42.5 Å². The summed E-state index contributed by atoms with van der Waals surface area (Å²) in [6, 6.07) is -1.21. The van der Waals surface area contributed by atoms with E-state index in [1.807, 2.05) is 6.20 Å². The van der Waals surface area contributed by atoms with Crippen LogP contribution in [0.25, 0.3) is 21.7 Å². The molecule has 98 valence electrons. The van der Waals surface area contributed by atoms with E-state index in [0.717, 1.165) is 31.2 Å². The van der Waals surface area contributed by atoms with Crippen molar-refractivity contribution in [1.82, 2.24) is 4.98 Å². The van der Waals surface area contributed by atoms with Crippen molar-refractivity contribution in [1.29, 1.82) is 0 Å². The van der Waals surface area contributed by atoms with Crippen LogP contribution in [0, 0.1) is 0 Å². The fraction of sp³-hybridized carbons (Fsp3) is 0.316. The number of hydrogen-bond donors (Lipinski definition) is 0. The first-order valence-electron chi connectivity index (χ1n) is 10.2. The van der Waals surface area contributed by atoms with E-state index in [4.69, 9.17) is 8.22 Å². The summed E-state index contributed by atoms with van der Waals surface area (Å²) in [7, 11) is 0. The van der Waals surface area contributed by atoms with Gasteiger partial charge in [-0.25, -0.2) is 0 Å². The first-order valence-corrected chi connectivity index (χ1v) is 7.23. The molecule has 0 spiro atoms. The molecule has 0 radical (unpaired) electrons. The molecule has 1 saturated carbocycles. The molecular weight excluding hydrogens is 242 g/mol. The standard InChI is InChI=1S/C19H17N/c1-2-4-15-12(3-1)9-10-16-18-14-7-5-13(6-8-14)17(18)11-20-19(15)16/h1-4,9-11,13-14H,5-8H2/i1D,2D,3D,4D,9D,10D. The highest BCUT2D eigenvalue weighted by molar-refractivity contribution is 6.06. The molecule has 0 unspecified atom stereocenters. The summed E-state index contributed by atoms with van der Waals surface area (Å²) >= 11 is 0. The van der Waals surface area contributed by atoms with Crippen LogP contribution in [0.5, 0.6) is 0 Å². The number of hydrogen-bond acceptors (Lipinski definition) is 1. The van der Waals surface area contributed by atoms with Gasteiger partial charge in [-0.1, -0.05) is 36.3 Å². The number of rotatable bonds is 0. The largest absolute Gasteiger partial charge is 0.255 e. The van der Waals surface area contributed by atoms with E-state index in [9.17, 15) is 0 Å². The van der Waals surface area contributed by atoms with E-state index >= 15 is 0 Å². The van der Waals surface area contributed by atoms with Crippen molar-refractivity contribution in [2.45, 2.75) is 37.5 Å². The third-order valence-electron chi connectivity index (χ3n) is 4.96. The Morgan fingerprint density at radius 2 is 1.70 bits per heavy atom. The van der Waals surface area contributed by atoms with Gasteiger partial charge in [-0.3, -0.25) is 4.98 Å². The lowest BCUT2D eigenvalue weighted by atomic mass is 9.66. The van der Waals surface area contributed by atoms with Crippen molar-refractivity contribution in [3.63, 3.8) is 0 Å². The van der Waals surface area contributed by atoms with Gasteiger partial charge in [0.1, 0.15) is 0 Å². The smallest absolute Gasteiger partial charge is 0.0783 e. The fourth-order valence-corrected chi connectivity index (χ4v) is 4.02. The molecular formula is C19H17N. The molecule has 0 saturated heterocycles. The van der Waals surface area contributed by atoms with Gasteiger partial charge in [0.05, 0.1) is 13.7 Å². The van der Waals surface area contributed by atoms with Crippen LogP contribution in [-0.4, -0.2) is 4.98 Å². The van der Waals surface area contributed by atoms with Gasteiger partial charge in [0, 0.05) is 17.0 Å². The van der Waals surface area contributed by atoms with Crippen LogP contribution in [0.1, 0.15) is 56.9 Å². The molecule has 0 aliphatic heterocycles. The summed E-state index contributed by atoms with van der Waals surface area (Å²) in [6.45, 7) is 0. The molecule has 3 aliphatic carbocycles. The first kappa shape index (κ1) is 6.71. The van der Waals surface area contributed by atoms with Gasteiger partial charge in [0.2, 0.25) is 0 Å². The second-order valence-corrected chi connectivity index (χ2v) is 5.90. The Morgan fingerprint density at radius 3 is 2.60 bits per heavy atom. The Morgan fingerprint density at radius 1 is 0.900 bits per heavy atom. The Labute approximate surface area is 127 Å². The zero-order valence-electron chi connectivity index (χ0n) is 17.0. The predicted molar refractivity (Wildman–Crippen MR) is 83.2 cm³/mol. The van der Waals surface area contributed by atoms with Crippen molar-refractivity contribution in [3.05, 3.63) is 53.6 Å². The van der Waals surface area contributed by atoms with Gasteiger partial charge in [0.15, 0.2) is 0 Å². The quantitative estimate of drug-likeness (QED) is 0.513. The van der Waals surface area contributed by atoms with Crippen LogP contribution in [0.4, 0.5) is 0 Å². The van der Waals surface area contributed by atoms with E-state index in [1.54, 1.807) is 0 Å². The zero-order valence-corrected chi connectivity index (χ0v) is 11.0. The summed E-state index contributed by atoms with van der Waals surface area (Å²) in [5.74, 6) is 0.817.